The first-order valence-electron chi connectivity index (χ1n) is 7.26. The third-order valence-electron chi connectivity index (χ3n) is 4.05. The van der Waals surface area contributed by atoms with E-state index < -0.39 is 0 Å². The van der Waals surface area contributed by atoms with Crippen molar-refractivity contribution < 1.29 is 0 Å². The Morgan fingerprint density at radius 2 is 2.20 bits per heavy atom. The number of fused-ring (bicyclic) bond motifs is 1. The molecule has 108 valence electrons. The fourth-order valence-electron chi connectivity index (χ4n) is 3.05. The minimum atomic E-state index is 0.495. The van der Waals surface area contributed by atoms with Crippen LogP contribution in [0.4, 0.5) is 5.82 Å². The lowest BCUT2D eigenvalue weighted by Gasteiger charge is -2.39. The standard InChI is InChI=1S/C15H23N5/c1-12-11-18(3)8-9-19(12)15-13(10-16-2)20-7-5-4-6-14(20)17-15/h4-7,12,16H,8-11H2,1-3H3. The van der Waals surface area contributed by atoms with Crippen LogP contribution in [0.5, 0.6) is 0 Å². The van der Waals surface area contributed by atoms with E-state index in [-0.39, 0.29) is 0 Å². The van der Waals surface area contributed by atoms with Crippen molar-refractivity contribution in [2.24, 2.45) is 0 Å². The number of likely N-dealkylation sites (N-methyl/N-ethyl adjacent to an activating group) is 1. The number of nitrogens with one attached hydrogen (secondary N) is 1. The Hall–Kier alpha value is -1.59. The predicted molar refractivity (Wildman–Crippen MR) is 82.3 cm³/mol. The fraction of sp³-hybridized carbons (Fsp3) is 0.533. The molecule has 5 heteroatoms. The zero-order valence-corrected chi connectivity index (χ0v) is 12.5. The first-order valence-corrected chi connectivity index (χ1v) is 7.26. The molecule has 0 amide bonds. The molecular weight excluding hydrogens is 250 g/mol. The fourth-order valence-corrected chi connectivity index (χ4v) is 3.05. The number of rotatable bonds is 3. The number of piperazine rings is 1. The summed E-state index contributed by atoms with van der Waals surface area (Å²) in [5, 5.41) is 3.27. The lowest BCUT2D eigenvalue weighted by molar-refractivity contribution is 0.274. The minimum Gasteiger partial charge on any atom is -0.350 e. The summed E-state index contributed by atoms with van der Waals surface area (Å²) in [5.41, 5.74) is 2.28. The van der Waals surface area contributed by atoms with E-state index in [0.29, 0.717) is 6.04 Å². The SMILES string of the molecule is CNCc1c(N2CCN(C)CC2C)nc2ccccn12. The van der Waals surface area contributed by atoms with Crippen molar-refractivity contribution >= 4 is 11.5 Å². The molecule has 0 saturated carbocycles. The maximum absolute atomic E-state index is 4.86. The molecule has 0 spiro atoms. The van der Waals surface area contributed by atoms with Gasteiger partial charge in [0, 0.05) is 38.4 Å². The Balaban J connectivity index is 2.03. The Morgan fingerprint density at radius 1 is 1.35 bits per heavy atom. The molecule has 0 aromatic carbocycles. The van der Waals surface area contributed by atoms with Gasteiger partial charge >= 0.3 is 0 Å². The second-order valence-electron chi connectivity index (χ2n) is 5.65. The Morgan fingerprint density at radius 3 is 2.95 bits per heavy atom. The molecule has 1 aliphatic rings. The molecule has 20 heavy (non-hydrogen) atoms. The van der Waals surface area contributed by atoms with E-state index in [2.05, 4.69) is 51.8 Å². The van der Waals surface area contributed by atoms with Crippen LogP contribution >= 0.6 is 0 Å². The first-order chi connectivity index (χ1) is 9.70. The lowest BCUT2D eigenvalue weighted by atomic mass is 10.2. The van der Waals surface area contributed by atoms with E-state index in [0.717, 1.165) is 37.6 Å². The van der Waals surface area contributed by atoms with Crippen LogP contribution in [0.3, 0.4) is 0 Å². The maximum Gasteiger partial charge on any atom is 0.152 e. The molecule has 1 fully saturated rings. The van der Waals surface area contributed by atoms with Crippen molar-refractivity contribution in [3.05, 3.63) is 30.1 Å². The first kappa shape index (κ1) is 13.4. The van der Waals surface area contributed by atoms with Gasteiger partial charge in [-0.1, -0.05) is 6.07 Å². The van der Waals surface area contributed by atoms with Gasteiger partial charge in [-0.15, -0.1) is 0 Å². The average molecular weight is 273 g/mol. The van der Waals surface area contributed by atoms with E-state index in [4.69, 9.17) is 4.98 Å². The van der Waals surface area contributed by atoms with Gasteiger partial charge in [0.1, 0.15) is 5.65 Å². The molecule has 1 saturated heterocycles. The van der Waals surface area contributed by atoms with Crippen LogP contribution in [0.1, 0.15) is 12.6 Å². The number of aromatic nitrogens is 2. The molecule has 2 aromatic rings. The summed E-state index contributed by atoms with van der Waals surface area (Å²) in [5.74, 6) is 1.13. The molecule has 3 rings (SSSR count). The van der Waals surface area contributed by atoms with Crippen LogP contribution in [-0.4, -0.2) is 54.1 Å². The molecule has 1 aliphatic heterocycles. The molecule has 0 aliphatic carbocycles. The highest BCUT2D eigenvalue weighted by molar-refractivity contribution is 5.56. The molecule has 2 aromatic heterocycles. The molecule has 3 heterocycles. The molecule has 1 atom stereocenters. The van der Waals surface area contributed by atoms with Crippen LogP contribution < -0.4 is 10.2 Å². The molecule has 0 radical (unpaired) electrons. The van der Waals surface area contributed by atoms with Crippen molar-refractivity contribution in [2.45, 2.75) is 19.5 Å². The van der Waals surface area contributed by atoms with Crippen molar-refractivity contribution in [1.29, 1.82) is 0 Å². The third kappa shape index (κ3) is 2.27. The second-order valence-corrected chi connectivity index (χ2v) is 5.65. The number of pyridine rings is 1. The van der Waals surface area contributed by atoms with Crippen LogP contribution in [0, 0.1) is 0 Å². The summed E-state index contributed by atoms with van der Waals surface area (Å²) in [4.78, 5) is 9.69. The van der Waals surface area contributed by atoms with Crippen LogP contribution in [-0.2, 0) is 6.54 Å². The second kappa shape index (κ2) is 5.42. The van der Waals surface area contributed by atoms with Gasteiger partial charge in [0.25, 0.3) is 0 Å². The van der Waals surface area contributed by atoms with E-state index in [9.17, 15) is 0 Å². The number of nitrogens with zero attached hydrogens (tertiary/aromatic N) is 4. The highest BCUT2D eigenvalue weighted by Gasteiger charge is 2.26. The van der Waals surface area contributed by atoms with Gasteiger partial charge in [0.2, 0.25) is 0 Å². The predicted octanol–water partition coefficient (Wildman–Crippen LogP) is 1.19. The summed E-state index contributed by atoms with van der Waals surface area (Å²) >= 11 is 0. The summed E-state index contributed by atoms with van der Waals surface area (Å²) in [6.07, 6.45) is 2.10. The van der Waals surface area contributed by atoms with Gasteiger partial charge in [0.05, 0.1) is 5.69 Å². The van der Waals surface area contributed by atoms with Crippen LogP contribution in [0.15, 0.2) is 24.4 Å². The molecule has 5 nitrogen and oxygen atoms in total. The monoisotopic (exact) mass is 273 g/mol. The lowest BCUT2D eigenvalue weighted by Crippen LogP contribution is -2.51. The number of anilines is 1. The Kier molecular flexibility index (Phi) is 3.63. The van der Waals surface area contributed by atoms with Crippen molar-refractivity contribution in [1.82, 2.24) is 19.6 Å². The highest BCUT2D eigenvalue weighted by atomic mass is 15.3. The van der Waals surface area contributed by atoms with Gasteiger partial charge in [-0.3, -0.25) is 0 Å². The smallest absolute Gasteiger partial charge is 0.152 e. The van der Waals surface area contributed by atoms with E-state index in [1.807, 2.05) is 13.1 Å². The molecular formula is C15H23N5. The summed E-state index contributed by atoms with van der Waals surface area (Å²) in [7, 11) is 4.17. The third-order valence-corrected chi connectivity index (χ3v) is 4.05. The normalized spacial score (nSPS) is 20.8. The van der Waals surface area contributed by atoms with Gasteiger partial charge in [0.15, 0.2) is 5.82 Å². The van der Waals surface area contributed by atoms with Crippen molar-refractivity contribution in [3.8, 4) is 0 Å². The molecule has 1 N–H and O–H groups in total. The van der Waals surface area contributed by atoms with Gasteiger partial charge in [-0.05, 0) is 33.2 Å². The Labute approximate surface area is 120 Å². The summed E-state index contributed by atoms with van der Waals surface area (Å²) < 4.78 is 2.19. The number of imidazole rings is 1. The van der Waals surface area contributed by atoms with Gasteiger partial charge < -0.3 is 19.5 Å². The Bertz CT molecular complexity index is 591. The largest absolute Gasteiger partial charge is 0.350 e. The van der Waals surface area contributed by atoms with E-state index >= 15 is 0 Å². The molecule has 1 unspecified atom stereocenters. The average Bonchev–Trinajstić information content (AvgIpc) is 2.78. The zero-order chi connectivity index (χ0) is 14.1. The van der Waals surface area contributed by atoms with E-state index in [1.165, 1.54) is 5.69 Å². The van der Waals surface area contributed by atoms with Crippen molar-refractivity contribution in [2.75, 3.05) is 38.6 Å². The van der Waals surface area contributed by atoms with Gasteiger partial charge in [-0.25, -0.2) is 4.98 Å². The summed E-state index contributed by atoms with van der Waals surface area (Å²) in [6, 6.07) is 6.67. The highest BCUT2D eigenvalue weighted by Crippen LogP contribution is 2.25. The van der Waals surface area contributed by atoms with Gasteiger partial charge in [-0.2, -0.15) is 0 Å². The van der Waals surface area contributed by atoms with Crippen LogP contribution in [0.25, 0.3) is 5.65 Å². The topological polar surface area (TPSA) is 35.8 Å². The zero-order valence-electron chi connectivity index (χ0n) is 12.5. The number of hydrogen-bond donors (Lipinski definition) is 1. The van der Waals surface area contributed by atoms with Crippen molar-refractivity contribution in [3.63, 3.8) is 0 Å². The van der Waals surface area contributed by atoms with Crippen LogP contribution in [0.2, 0.25) is 0 Å². The van der Waals surface area contributed by atoms with E-state index in [1.54, 1.807) is 0 Å². The maximum atomic E-state index is 4.86. The molecule has 0 bridgehead atoms. The quantitative estimate of drug-likeness (QED) is 0.911. The summed E-state index contributed by atoms with van der Waals surface area (Å²) in [6.45, 7) is 6.34. The number of hydrogen-bond acceptors (Lipinski definition) is 4. The minimum absolute atomic E-state index is 0.495.